The summed E-state index contributed by atoms with van der Waals surface area (Å²) in [6.45, 7) is 7.65. The fourth-order valence-corrected chi connectivity index (χ4v) is 5.22. The average molecular weight is 566 g/mol. The zero-order chi connectivity index (χ0) is 22.2. The van der Waals surface area contributed by atoms with Crippen LogP contribution in [-0.2, 0) is 4.79 Å². The molecule has 1 aromatic carbocycles. The van der Waals surface area contributed by atoms with Crippen LogP contribution in [0.4, 0.5) is 0 Å². The van der Waals surface area contributed by atoms with Gasteiger partial charge < -0.3 is 15.1 Å². The van der Waals surface area contributed by atoms with Gasteiger partial charge in [0.1, 0.15) is 0 Å². The van der Waals surface area contributed by atoms with Gasteiger partial charge >= 0.3 is 0 Å². The number of hydrogen-bond acceptors (Lipinski definition) is 3. The lowest BCUT2D eigenvalue weighted by Gasteiger charge is -2.36. The molecule has 4 rings (SSSR count). The first-order valence-corrected chi connectivity index (χ1v) is 12.4. The molecule has 33 heavy (non-hydrogen) atoms. The van der Waals surface area contributed by atoms with Crippen LogP contribution in [0.2, 0.25) is 0 Å². The molecule has 0 unspecified atom stereocenters. The largest absolute Gasteiger partial charge is 0.355 e. The van der Waals surface area contributed by atoms with Crippen molar-refractivity contribution in [2.24, 2.45) is 10.9 Å². The van der Waals surface area contributed by atoms with E-state index in [1.165, 1.54) is 24.0 Å². The summed E-state index contributed by atoms with van der Waals surface area (Å²) in [4.78, 5) is 24.1. The van der Waals surface area contributed by atoms with Crippen LogP contribution in [-0.4, -0.2) is 86.0 Å². The average Bonchev–Trinajstić information content (AvgIpc) is 3.38. The van der Waals surface area contributed by atoms with Gasteiger partial charge in [0, 0.05) is 65.3 Å². The van der Waals surface area contributed by atoms with Crippen LogP contribution in [0.1, 0.15) is 44.1 Å². The summed E-state index contributed by atoms with van der Waals surface area (Å²) in [5.41, 5.74) is 2.82. The van der Waals surface area contributed by atoms with E-state index in [-0.39, 0.29) is 24.0 Å². The minimum atomic E-state index is 0. The fourth-order valence-electron chi connectivity index (χ4n) is 5.22. The van der Waals surface area contributed by atoms with Crippen molar-refractivity contribution in [3.63, 3.8) is 0 Å². The molecule has 2 aliphatic heterocycles. The van der Waals surface area contributed by atoms with Crippen molar-refractivity contribution in [1.29, 1.82) is 0 Å². The second-order valence-electron chi connectivity index (χ2n) is 9.32. The summed E-state index contributed by atoms with van der Waals surface area (Å²) >= 11 is 0. The number of benzene rings is 1. The zero-order valence-corrected chi connectivity index (χ0v) is 22.4. The molecule has 1 amide bonds. The Bertz CT molecular complexity index is 788. The number of piperazine rings is 1. The minimum Gasteiger partial charge on any atom is -0.355 e. The number of nitrogens with one attached hydrogen (secondary N) is 1. The number of amides is 1. The highest BCUT2D eigenvalue weighted by atomic mass is 127. The van der Waals surface area contributed by atoms with Crippen molar-refractivity contribution in [1.82, 2.24) is 20.0 Å². The van der Waals surface area contributed by atoms with Gasteiger partial charge in [0.15, 0.2) is 5.96 Å². The number of aliphatic imine (C=N–C) groups is 1. The van der Waals surface area contributed by atoms with Gasteiger partial charge in [0.05, 0.1) is 0 Å². The smallest absolute Gasteiger partial charge is 0.225 e. The fraction of sp³-hybridized carbons (Fsp3) is 0.615. The Balaban J connectivity index is 0.00000306. The van der Waals surface area contributed by atoms with Gasteiger partial charge in [0.25, 0.3) is 0 Å². The first-order valence-electron chi connectivity index (χ1n) is 12.4. The Morgan fingerprint density at radius 3 is 2.30 bits per heavy atom. The van der Waals surface area contributed by atoms with Gasteiger partial charge in [-0.2, -0.15) is 0 Å². The Hall–Kier alpha value is -1.61. The molecule has 182 valence electrons. The number of halogens is 1. The van der Waals surface area contributed by atoms with Gasteiger partial charge in [-0.3, -0.25) is 14.7 Å². The second kappa shape index (κ2) is 13.3. The molecule has 0 atom stereocenters. The predicted octanol–water partition coefficient (Wildman–Crippen LogP) is 3.69. The van der Waals surface area contributed by atoms with Crippen LogP contribution in [0.3, 0.4) is 0 Å². The molecule has 0 spiro atoms. The number of rotatable bonds is 5. The normalized spacial score (nSPS) is 20.5. The standard InChI is InChI=1S/C26H39N5O.HI/c1-27-26(31-14-11-23(12-15-31)21-22-7-3-2-4-8-22)28-13-16-29-17-19-30(20-18-29)25(32)24-9-5-6-10-24;/h2-4,7-8,21,24H,5-6,9-20H2,1H3,(H,27,28);1H. The topological polar surface area (TPSA) is 51.2 Å². The van der Waals surface area contributed by atoms with E-state index in [2.05, 4.69) is 61.4 Å². The van der Waals surface area contributed by atoms with E-state index >= 15 is 0 Å². The number of guanidine groups is 1. The van der Waals surface area contributed by atoms with Crippen molar-refractivity contribution in [2.45, 2.75) is 38.5 Å². The Morgan fingerprint density at radius 2 is 1.67 bits per heavy atom. The maximum atomic E-state index is 12.6. The second-order valence-corrected chi connectivity index (χ2v) is 9.32. The number of nitrogens with zero attached hydrogens (tertiary/aromatic N) is 4. The van der Waals surface area contributed by atoms with E-state index in [0.29, 0.717) is 11.8 Å². The molecule has 0 bridgehead atoms. The van der Waals surface area contributed by atoms with Crippen LogP contribution in [0, 0.1) is 5.92 Å². The molecule has 0 aromatic heterocycles. The lowest BCUT2D eigenvalue weighted by atomic mass is 10.0. The third-order valence-corrected chi connectivity index (χ3v) is 7.19. The van der Waals surface area contributed by atoms with Gasteiger partial charge in [-0.05, 0) is 31.2 Å². The van der Waals surface area contributed by atoms with E-state index < -0.39 is 0 Å². The molecule has 3 fully saturated rings. The molecular weight excluding hydrogens is 525 g/mol. The molecule has 2 saturated heterocycles. The van der Waals surface area contributed by atoms with E-state index in [1.54, 1.807) is 0 Å². The highest BCUT2D eigenvalue weighted by Gasteiger charge is 2.29. The van der Waals surface area contributed by atoms with Crippen molar-refractivity contribution in [2.75, 3.05) is 59.4 Å². The van der Waals surface area contributed by atoms with E-state index in [1.807, 2.05) is 7.05 Å². The van der Waals surface area contributed by atoms with Crippen molar-refractivity contribution < 1.29 is 4.79 Å². The molecule has 2 heterocycles. The molecule has 1 saturated carbocycles. The zero-order valence-electron chi connectivity index (χ0n) is 20.0. The highest BCUT2D eigenvalue weighted by molar-refractivity contribution is 14.0. The third-order valence-electron chi connectivity index (χ3n) is 7.19. The molecule has 3 aliphatic rings. The van der Waals surface area contributed by atoms with Gasteiger partial charge in [-0.15, -0.1) is 24.0 Å². The number of carbonyl (C=O) groups is 1. The van der Waals surface area contributed by atoms with Crippen molar-refractivity contribution >= 4 is 41.9 Å². The number of carbonyl (C=O) groups excluding carboxylic acids is 1. The maximum absolute atomic E-state index is 12.6. The van der Waals surface area contributed by atoms with Crippen LogP contribution >= 0.6 is 24.0 Å². The van der Waals surface area contributed by atoms with E-state index in [0.717, 1.165) is 84.0 Å². The number of piperidine rings is 1. The molecule has 1 aliphatic carbocycles. The number of likely N-dealkylation sites (tertiary alicyclic amines) is 1. The third kappa shape index (κ3) is 7.44. The lowest BCUT2D eigenvalue weighted by molar-refractivity contribution is -0.137. The van der Waals surface area contributed by atoms with E-state index in [4.69, 9.17) is 0 Å². The van der Waals surface area contributed by atoms with E-state index in [9.17, 15) is 4.79 Å². The minimum absolute atomic E-state index is 0. The summed E-state index contributed by atoms with van der Waals surface area (Å²) < 4.78 is 0. The van der Waals surface area contributed by atoms with Crippen LogP contribution in [0.5, 0.6) is 0 Å². The summed E-state index contributed by atoms with van der Waals surface area (Å²) in [6.07, 6.45) is 9.17. The maximum Gasteiger partial charge on any atom is 0.225 e. The van der Waals surface area contributed by atoms with Gasteiger partial charge in [0.2, 0.25) is 5.91 Å². The SMILES string of the molecule is CN=C(NCCN1CCN(C(=O)C2CCCC2)CC1)N1CCC(=Cc2ccccc2)CC1.I. The summed E-state index contributed by atoms with van der Waals surface area (Å²) in [5, 5.41) is 3.56. The van der Waals surface area contributed by atoms with Crippen LogP contribution < -0.4 is 5.32 Å². The van der Waals surface area contributed by atoms with Crippen LogP contribution in [0.25, 0.3) is 6.08 Å². The Labute approximate surface area is 216 Å². The summed E-state index contributed by atoms with van der Waals surface area (Å²) in [7, 11) is 1.88. The molecule has 7 heteroatoms. The summed E-state index contributed by atoms with van der Waals surface area (Å²) in [5.74, 6) is 1.73. The lowest BCUT2D eigenvalue weighted by Crippen LogP contribution is -2.52. The first kappa shape index (κ1) is 26.0. The van der Waals surface area contributed by atoms with Crippen LogP contribution in [0.15, 0.2) is 40.9 Å². The quantitative estimate of drug-likeness (QED) is 0.336. The van der Waals surface area contributed by atoms with Gasteiger partial charge in [-0.25, -0.2) is 0 Å². The molecule has 0 radical (unpaired) electrons. The molecule has 1 N–H and O–H groups in total. The number of hydrogen-bond donors (Lipinski definition) is 1. The summed E-state index contributed by atoms with van der Waals surface area (Å²) in [6, 6.07) is 10.6. The molecule has 1 aromatic rings. The molecule has 6 nitrogen and oxygen atoms in total. The Morgan fingerprint density at radius 1 is 1.00 bits per heavy atom. The van der Waals surface area contributed by atoms with Crippen molar-refractivity contribution in [3.05, 3.63) is 41.5 Å². The van der Waals surface area contributed by atoms with Crippen molar-refractivity contribution in [3.8, 4) is 0 Å². The predicted molar refractivity (Wildman–Crippen MR) is 147 cm³/mol. The molecular formula is C26H40IN5O. The van der Waals surface area contributed by atoms with Gasteiger partial charge in [-0.1, -0.05) is 54.8 Å². The highest BCUT2D eigenvalue weighted by Crippen LogP contribution is 2.27. The first-order chi connectivity index (χ1) is 15.7. The monoisotopic (exact) mass is 565 g/mol. The Kier molecular flexibility index (Phi) is 10.5.